The molecular weight excluding hydrogens is 402 g/mol. The van der Waals surface area contributed by atoms with Crippen LogP contribution in [0.5, 0.6) is 5.75 Å². The summed E-state index contributed by atoms with van der Waals surface area (Å²) in [5.41, 5.74) is 2.04. The lowest BCUT2D eigenvalue weighted by molar-refractivity contribution is -0.134. The maximum absolute atomic E-state index is 13.2. The molecule has 1 aliphatic heterocycles. The van der Waals surface area contributed by atoms with Crippen LogP contribution in [-0.4, -0.2) is 42.2 Å². The molecule has 3 aromatic rings. The fourth-order valence-corrected chi connectivity index (χ4v) is 5.05. The largest absolute Gasteiger partial charge is 0.496 e. The first kappa shape index (κ1) is 19.8. The molecule has 1 aliphatic rings. The first-order valence-electron chi connectivity index (χ1n) is 9.43. The molecule has 0 fully saturated rings. The van der Waals surface area contributed by atoms with Gasteiger partial charge >= 0.3 is 0 Å². The second-order valence-corrected chi connectivity index (χ2v) is 8.91. The Kier molecular flexibility index (Phi) is 6.08. The third kappa shape index (κ3) is 4.42. The second kappa shape index (κ2) is 8.90. The number of likely N-dealkylation sites (N-methyl/N-ethyl adjacent to an activating group) is 1. The van der Waals surface area contributed by atoms with Crippen molar-refractivity contribution in [3.63, 3.8) is 0 Å². The van der Waals surface area contributed by atoms with Gasteiger partial charge in [-0.15, -0.1) is 22.7 Å². The standard InChI is InChI=1S/C22H23N3O2S2/c1-24(14-16-7-3-4-8-19(16)27-2)15-22(26)25-18(21-10-6-12-29-21)13-17(23-25)20-9-5-11-28-20/h3-12,18H,13-15H2,1-2H3. The van der Waals surface area contributed by atoms with E-state index in [9.17, 15) is 4.79 Å². The fourth-order valence-electron chi connectivity index (χ4n) is 3.52. The van der Waals surface area contributed by atoms with Gasteiger partial charge in [0.2, 0.25) is 0 Å². The Labute approximate surface area is 178 Å². The van der Waals surface area contributed by atoms with Gasteiger partial charge in [0.05, 0.1) is 30.3 Å². The van der Waals surface area contributed by atoms with Crippen molar-refractivity contribution in [2.45, 2.75) is 19.0 Å². The molecule has 0 radical (unpaired) electrons. The van der Waals surface area contributed by atoms with E-state index >= 15 is 0 Å². The highest BCUT2D eigenvalue weighted by molar-refractivity contribution is 7.12. The lowest BCUT2D eigenvalue weighted by atomic mass is 10.1. The summed E-state index contributed by atoms with van der Waals surface area (Å²) in [6, 6.07) is 16.1. The monoisotopic (exact) mass is 425 g/mol. The third-order valence-corrected chi connectivity index (χ3v) is 6.77. The molecule has 1 amide bonds. The molecule has 0 N–H and O–H groups in total. The van der Waals surface area contributed by atoms with Gasteiger partial charge < -0.3 is 4.74 Å². The van der Waals surface area contributed by atoms with Crippen LogP contribution in [0.2, 0.25) is 0 Å². The van der Waals surface area contributed by atoms with Gasteiger partial charge in [0.15, 0.2) is 0 Å². The summed E-state index contributed by atoms with van der Waals surface area (Å²) in [6.07, 6.45) is 0.753. The highest BCUT2D eigenvalue weighted by Crippen LogP contribution is 2.36. The van der Waals surface area contributed by atoms with Crippen LogP contribution in [0.4, 0.5) is 0 Å². The summed E-state index contributed by atoms with van der Waals surface area (Å²) in [7, 11) is 3.62. The molecule has 5 nitrogen and oxygen atoms in total. The zero-order chi connectivity index (χ0) is 20.2. The Morgan fingerprint density at radius 2 is 1.97 bits per heavy atom. The number of ether oxygens (including phenoxy) is 1. The molecule has 0 spiro atoms. The number of nitrogens with zero attached hydrogens (tertiary/aromatic N) is 3. The number of carbonyl (C=O) groups is 1. The minimum atomic E-state index is -0.0285. The number of hydrogen-bond acceptors (Lipinski definition) is 6. The van der Waals surface area contributed by atoms with Crippen molar-refractivity contribution in [1.29, 1.82) is 0 Å². The minimum Gasteiger partial charge on any atom is -0.496 e. The number of benzene rings is 1. The Balaban J connectivity index is 1.50. The summed E-state index contributed by atoms with van der Waals surface area (Å²) < 4.78 is 5.43. The molecule has 0 saturated heterocycles. The third-order valence-electron chi connectivity index (χ3n) is 4.88. The van der Waals surface area contributed by atoms with E-state index in [0.29, 0.717) is 13.1 Å². The van der Waals surface area contributed by atoms with E-state index in [0.717, 1.165) is 28.3 Å². The lowest BCUT2D eigenvalue weighted by Gasteiger charge is -2.24. The maximum atomic E-state index is 13.2. The van der Waals surface area contributed by atoms with Gasteiger partial charge in [-0.05, 0) is 36.0 Å². The number of rotatable bonds is 7. The van der Waals surface area contributed by atoms with Crippen LogP contribution >= 0.6 is 22.7 Å². The van der Waals surface area contributed by atoms with E-state index in [2.05, 4.69) is 17.5 Å². The van der Waals surface area contributed by atoms with Crippen molar-refractivity contribution in [3.8, 4) is 5.75 Å². The van der Waals surface area contributed by atoms with Crippen molar-refractivity contribution in [2.24, 2.45) is 5.10 Å². The number of hydrazone groups is 1. The second-order valence-electron chi connectivity index (χ2n) is 6.98. The summed E-state index contributed by atoms with van der Waals surface area (Å²) in [6.45, 7) is 0.926. The Hall–Kier alpha value is -2.48. The highest BCUT2D eigenvalue weighted by Gasteiger charge is 2.34. The molecule has 29 heavy (non-hydrogen) atoms. The Morgan fingerprint density at radius 1 is 1.17 bits per heavy atom. The summed E-state index contributed by atoms with van der Waals surface area (Å²) in [5.74, 6) is 0.842. The van der Waals surface area contributed by atoms with Gasteiger partial charge in [-0.1, -0.05) is 30.3 Å². The van der Waals surface area contributed by atoms with E-state index in [1.54, 1.807) is 34.8 Å². The van der Waals surface area contributed by atoms with Crippen LogP contribution in [0.25, 0.3) is 0 Å². The first-order valence-corrected chi connectivity index (χ1v) is 11.2. The highest BCUT2D eigenvalue weighted by atomic mass is 32.1. The van der Waals surface area contributed by atoms with Gasteiger partial charge in [0, 0.05) is 23.4 Å². The molecule has 1 atom stereocenters. The Morgan fingerprint density at radius 3 is 2.69 bits per heavy atom. The number of para-hydroxylation sites is 1. The van der Waals surface area contributed by atoms with Gasteiger partial charge in [0.25, 0.3) is 5.91 Å². The molecule has 1 aromatic carbocycles. The van der Waals surface area contributed by atoms with Crippen LogP contribution in [0.3, 0.4) is 0 Å². The van der Waals surface area contributed by atoms with E-state index in [1.807, 2.05) is 53.7 Å². The topological polar surface area (TPSA) is 45.1 Å². The van der Waals surface area contributed by atoms with Crippen LogP contribution in [0.15, 0.2) is 64.4 Å². The number of thiophene rings is 2. The predicted molar refractivity (Wildman–Crippen MR) is 119 cm³/mol. The molecule has 0 saturated carbocycles. The Bertz CT molecular complexity index is 983. The number of hydrogen-bond donors (Lipinski definition) is 0. The van der Waals surface area contributed by atoms with Crippen LogP contribution < -0.4 is 4.74 Å². The van der Waals surface area contributed by atoms with Crippen molar-refractivity contribution in [2.75, 3.05) is 20.7 Å². The van der Waals surface area contributed by atoms with Crippen molar-refractivity contribution >= 4 is 34.3 Å². The molecule has 7 heteroatoms. The van der Waals surface area contributed by atoms with Crippen LogP contribution in [-0.2, 0) is 11.3 Å². The van der Waals surface area contributed by atoms with Crippen molar-refractivity contribution in [1.82, 2.24) is 9.91 Å². The smallest absolute Gasteiger partial charge is 0.257 e. The maximum Gasteiger partial charge on any atom is 0.257 e. The van der Waals surface area contributed by atoms with Gasteiger partial charge in [-0.3, -0.25) is 9.69 Å². The van der Waals surface area contributed by atoms with Gasteiger partial charge in [0.1, 0.15) is 5.75 Å². The molecule has 3 heterocycles. The van der Waals surface area contributed by atoms with Gasteiger partial charge in [-0.25, -0.2) is 5.01 Å². The molecule has 0 aliphatic carbocycles. The molecular formula is C22H23N3O2S2. The number of methoxy groups -OCH3 is 1. The minimum absolute atomic E-state index is 0.00681. The van der Waals surface area contributed by atoms with Crippen molar-refractivity contribution in [3.05, 3.63) is 74.6 Å². The fraction of sp³-hybridized carbons (Fsp3) is 0.273. The average Bonchev–Trinajstić information content (AvgIpc) is 3.48. The molecule has 0 bridgehead atoms. The summed E-state index contributed by atoms with van der Waals surface area (Å²) >= 11 is 3.34. The average molecular weight is 426 g/mol. The van der Waals surface area contributed by atoms with Crippen LogP contribution in [0, 0.1) is 0 Å². The van der Waals surface area contributed by atoms with Crippen LogP contribution in [0.1, 0.15) is 27.8 Å². The summed E-state index contributed by atoms with van der Waals surface area (Å²) in [5, 5.41) is 10.5. The predicted octanol–water partition coefficient (Wildman–Crippen LogP) is 4.63. The zero-order valence-corrected chi connectivity index (χ0v) is 18.1. The molecule has 1 unspecified atom stereocenters. The molecule has 2 aromatic heterocycles. The molecule has 4 rings (SSSR count). The van der Waals surface area contributed by atoms with E-state index in [1.165, 1.54) is 4.88 Å². The summed E-state index contributed by atoms with van der Waals surface area (Å²) in [4.78, 5) is 17.5. The first-order chi connectivity index (χ1) is 14.2. The van der Waals surface area contributed by atoms with E-state index < -0.39 is 0 Å². The van der Waals surface area contributed by atoms with Gasteiger partial charge in [-0.2, -0.15) is 5.10 Å². The normalized spacial score (nSPS) is 16.3. The number of carbonyl (C=O) groups excluding carboxylic acids is 1. The van der Waals surface area contributed by atoms with E-state index in [4.69, 9.17) is 9.84 Å². The quantitative estimate of drug-likeness (QED) is 0.554. The van der Waals surface area contributed by atoms with Crippen molar-refractivity contribution < 1.29 is 9.53 Å². The number of amides is 1. The lowest BCUT2D eigenvalue weighted by Crippen LogP contribution is -2.36. The molecule has 150 valence electrons. The SMILES string of the molecule is COc1ccccc1CN(C)CC(=O)N1N=C(c2cccs2)CC1c1cccs1. The van der Waals surface area contributed by atoms with E-state index in [-0.39, 0.29) is 11.9 Å². The zero-order valence-electron chi connectivity index (χ0n) is 16.4.